The fourth-order valence-corrected chi connectivity index (χ4v) is 5.23. The van der Waals surface area contributed by atoms with Crippen LogP contribution < -0.4 is 15.4 Å². The Morgan fingerprint density at radius 1 is 1.18 bits per heavy atom. The molecular formula is C28H36F5N5O4SSi. The molecule has 242 valence electrons. The molecule has 0 aliphatic rings. The van der Waals surface area contributed by atoms with E-state index in [9.17, 15) is 18.0 Å². The van der Waals surface area contributed by atoms with E-state index < -0.39 is 60.0 Å². The van der Waals surface area contributed by atoms with Crippen LogP contribution in [0.25, 0.3) is 11.0 Å². The number of hydrogen-bond donors (Lipinski definition) is 3. The maximum Gasteiger partial charge on any atom is 0.418 e. The number of nitrogens with zero attached hydrogens (tertiary/aromatic N) is 3. The summed E-state index contributed by atoms with van der Waals surface area (Å²) in [6.07, 6.45) is -1.89. The van der Waals surface area contributed by atoms with Gasteiger partial charge in [0, 0.05) is 57.0 Å². The number of carboxylic acid groups (broad SMARTS) is 1. The molecule has 0 bridgehead atoms. The van der Waals surface area contributed by atoms with E-state index in [4.69, 9.17) is 14.6 Å². The number of ether oxygens (including phenoxy) is 2. The molecular weight excluding hydrogens is 625 g/mol. The van der Waals surface area contributed by atoms with Crippen molar-refractivity contribution in [1.29, 1.82) is 0 Å². The van der Waals surface area contributed by atoms with Gasteiger partial charge in [0.05, 0.1) is 10.9 Å². The zero-order valence-corrected chi connectivity index (χ0v) is 27.1. The van der Waals surface area contributed by atoms with E-state index in [0.29, 0.717) is 18.2 Å². The second-order valence-electron chi connectivity index (χ2n) is 11.8. The maximum absolute atomic E-state index is 15.1. The fourth-order valence-electron chi connectivity index (χ4n) is 4.03. The van der Waals surface area contributed by atoms with Gasteiger partial charge in [-0.05, 0) is 38.6 Å². The second-order valence-corrected chi connectivity index (χ2v) is 18.2. The monoisotopic (exact) mass is 661 g/mol. The molecule has 0 fully saturated rings. The first-order valence-electron chi connectivity index (χ1n) is 13.6. The first-order valence-corrected chi connectivity index (χ1v) is 18.5. The molecule has 44 heavy (non-hydrogen) atoms. The standard InChI is InChI=1S/C28H36F5N5O4SSi/c1-27(2,37-26(39)40)8-10-35-25(43-3)36-17-13-19(29)23(20(30)14-17)42-21-7-9-34-24-22(21)18(28(31,32)33)15-38(24)16-41-11-12-44(4,5)6/h7,9,13-15,37H,8,10-12,16H2,1-6H3,(H,35,36)(H,39,40). The number of benzene rings is 1. The molecule has 1 aromatic carbocycles. The van der Waals surface area contributed by atoms with Crippen LogP contribution in [0.15, 0.2) is 35.6 Å². The topological polar surface area (TPSA) is 110 Å². The molecule has 0 spiro atoms. The summed E-state index contributed by atoms with van der Waals surface area (Å²) < 4.78 is 84.7. The van der Waals surface area contributed by atoms with Crippen LogP contribution in [0, 0.1) is 11.6 Å². The van der Waals surface area contributed by atoms with Crippen molar-refractivity contribution in [2.24, 2.45) is 4.99 Å². The van der Waals surface area contributed by atoms with Crippen LogP contribution in [-0.4, -0.2) is 58.9 Å². The lowest BCUT2D eigenvalue weighted by Crippen LogP contribution is -2.43. The zero-order chi connectivity index (χ0) is 32.9. The lowest BCUT2D eigenvalue weighted by molar-refractivity contribution is -0.136. The normalized spacial score (nSPS) is 12.9. The number of amidine groups is 1. The van der Waals surface area contributed by atoms with Crippen LogP contribution >= 0.6 is 11.8 Å². The Morgan fingerprint density at radius 3 is 2.41 bits per heavy atom. The fraction of sp³-hybridized carbons (Fsp3) is 0.464. The van der Waals surface area contributed by atoms with Gasteiger partial charge in [-0.3, -0.25) is 4.99 Å². The van der Waals surface area contributed by atoms with Crippen molar-refractivity contribution in [2.45, 2.75) is 64.4 Å². The third-order valence-electron chi connectivity index (χ3n) is 6.34. The average molecular weight is 662 g/mol. The number of hydrogen-bond acceptors (Lipinski definition) is 6. The minimum Gasteiger partial charge on any atom is -0.465 e. The largest absolute Gasteiger partial charge is 0.465 e. The summed E-state index contributed by atoms with van der Waals surface area (Å²) in [6.45, 7) is 10.2. The number of pyridine rings is 1. The van der Waals surface area contributed by atoms with Crippen LogP contribution in [0.5, 0.6) is 11.5 Å². The molecule has 16 heteroatoms. The Kier molecular flexibility index (Phi) is 11.3. The lowest BCUT2D eigenvalue weighted by Gasteiger charge is -2.23. The average Bonchev–Trinajstić information content (AvgIpc) is 3.27. The number of aromatic nitrogens is 2. The molecule has 0 saturated carbocycles. The minimum absolute atomic E-state index is 0.0131. The Labute approximate surface area is 257 Å². The highest BCUT2D eigenvalue weighted by atomic mass is 32.2. The van der Waals surface area contributed by atoms with Crippen LogP contribution in [0.3, 0.4) is 0 Å². The van der Waals surface area contributed by atoms with Crippen molar-refractivity contribution < 1.29 is 41.3 Å². The third kappa shape index (κ3) is 9.82. The summed E-state index contributed by atoms with van der Waals surface area (Å²) in [4.78, 5) is 19.3. The van der Waals surface area contributed by atoms with Crippen LogP contribution in [-0.2, 0) is 17.6 Å². The van der Waals surface area contributed by atoms with Crippen molar-refractivity contribution in [3.05, 3.63) is 47.8 Å². The molecule has 2 aromatic heterocycles. The van der Waals surface area contributed by atoms with Crippen molar-refractivity contribution in [2.75, 3.05) is 24.7 Å². The first-order chi connectivity index (χ1) is 20.4. The van der Waals surface area contributed by atoms with Crippen molar-refractivity contribution in [3.63, 3.8) is 0 Å². The number of nitrogens with one attached hydrogen (secondary N) is 2. The van der Waals surface area contributed by atoms with Gasteiger partial charge >= 0.3 is 12.3 Å². The first kappa shape index (κ1) is 35.1. The van der Waals surface area contributed by atoms with Crippen LogP contribution in [0.4, 0.5) is 32.4 Å². The van der Waals surface area contributed by atoms with Gasteiger partial charge in [0.1, 0.15) is 18.1 Å². The van der Waals surface area contributed by atoms with Gasteiger partial charge in [0.25, 0.3) is 0 Å². The van der Waals surface area contributed by atoms with Gasteiger partial charge < -0.3 is 29.8 Å². The minimum atomic E-state index is -4.81. The molecule has 2 heterocycles. The molecule has 3 N–H and O–H groups in total. The summed E-state index contributed by atoms with van der Waals surface area (Å²) in [6, 6.07) is 3.79. The molecule has 0 atom stereocenters. The molecule has 1 amide bonds. The van der Waals surface area contributed by atoms with E-state index in [-0.39, 0.29) is 24.6 Å². The maximum atomic E-state index is 15.1. The molecule has 0 aliphatic carbocycles. The summed E-state index contributed by atoms with van der Waals surface area (Å²) in [7, 11) is -1.42. The van der Waals surface area contributed by atoms with Gasteiger partial charge in [-0.25, -0.2) is 18.6 Å². The molecule has 0 aliphatic heterocycles. The van der Waals surface area contributed by atoms with Gasteiger partial charge in [-0.15, -0.1) is 0 Å². The molecule has 3 rings (SSSR count). The smallest absolute Gasteiger partial charge is 0.418 e. The highest BCUT2D eigenvalue weighted by molar-refractivity contribution is 8.13. The number of carbonyl (C=O) groups is 1. The quantitative estimate of drug-likeness (QED) is 0.0593. The summed E-state index contributed by atoms with van der Waals surface area (Å²) >= 11 is 1.17. The highest BCUT2D eigenvalue weighted by Gasteiger charge is 2.37. The van der Waals surface area contributed by atoms with Gasteiger partial charge in [-0.1, -0.05) is 31.4 Å². The zero-order valence-electron chi connectivity index (χ0n) is 25.2. The SMILES string of the molecule is CS/C(=N/CCC(C)(C)NC(=O)O)Nc1cc(F)c(Oc2ccnc3c2c(C(F)(F)F)cn3COCC[Si](C)(C)C)c(F)c1. The Bertz CT molecular complexity index is 1490. The number of rotatable bonds is 12. The molecule has 9 nitrogen and oxygen atoms in total. The van der Waals surface area contributed by atoms with Gasteiger partial charge in [-0.2, -0.15) is 13.2 Å². The number of aliphatic imine (C=N–C) groups is 1. The van der Waals surface area contributed by atoms with E-state index in [1.54, 1.807) is 20.1 Å². The second kappa shape index (κ2) is 14.2. The molecule has 3 aromatic rings. The predicted molar refractivity (Wildman–Crippen MR) is 165 cm³/mol. The van der Waals surface area contributed by atoms with Crippen molar-refractivity contribution in [3.8, 4) is 11.5 Å². The summed E-state index contributed by atoms with van der Waals surface area (Å²) in [5.74, 6) is -3.63. The van der Waals surface area contributed by atoms with Crippen molar-refractivity contribution in [1.82, 2.24) is 14.9 Å². The Balaban J connectivity index is 1.85. The van der Waals surface area contributed by atoms with E-state index in [1.165, 1.54) is 22.5 Å². The number of fused-ring (bicyclic) bond motifs is 1. The summed E-state index contributed by atoms with van der Waals surface area (Å²) in [5.41, 5.74) is -1.95. The lowest BCUT2D eigenvalue weighted by atomic mass is 10.0. The number of halogens is 5. The predicted octanol–water partition coefficient (Wildman–Crippen LogP) is 8.01. The van der Waals surface area contributed by atoms with Crippen LogP contribution in [0.2, 0.25) is 25.7 Å². The van der Waals surface area contributed by atoms with E-state index in [0.717, 1.165) is 30.4 Å². The molecule has 0 saturated heterocycles. The third-order valence-corrected chi connectivity index (χ3v) is 8.67. The van der Waals surface area contributed by atoms with Crippen molar-refractivity contribution >= 4 is 47.8 Å². The van der Waals surface area contributed by atoms with Gasteiger partial charge in [0.2, 0.25) is 0 Å². The van der Waals surface area contributed by atoms with E-state index in [2.05, 4.69) is 40.3 Å². The van der Waals surface area contributed by atoms with E-state index >= 15 is 8.78 Å². The van der Waals surface area contributed by atoms with Gasteiger partial charge in [0.15, 0.2) is 22.6 Å². The number of alkyl halides is 3. The van der Waals surface area contributed by atoms with E-state index in [1.807, 2.05) is 0 Å². The highest BCUT2D eigenvalue weighted by Crippen LogP contribution is 2.42. The number of anilines is 1. The number of amides is 1. The Hall–Kier alpha value is -3.37. The molecule has 0 radical (unpaired) electrons. The Morgan fingerprint density at radius 2 is 1.84 bits per heavy atom. The number of thioether (sulfide) groups is 1. The summed E-state index contributed by atoms with van der Waals surface area (Å²) in [5, 5.41) is 14.0. The van der Waals surface area contributed by atoms with Crippen LogP contribution in [0.1, 0.15) is 25.8 Å². The molecule has 0 unspecified atom stereocenters.